The smallest absolute Gasteiger partial charge is 0.317 e. The number of methoxy groups -OCH3 is 2. The molecular weight excluding hydrogens is 340 g/mol. The summed E-state index contributed by atoms with van der Waals surface area (Å²) in [5.74, 6) is 0.323. The zero-order chi connectivity index (χ0) is 19.3. The van der Waals surface area contributed by atoms with Crippen LogP contribution in [0.4, 0.5) is 0 Å². The van der Waals surface area contributed by atoms with Crippen LogP contribution in [0, 0.1) is 0 Å². The van der Waals surface area contributed by atoms with E-state index in [4.69, 9.17) is 9.47 Å². The van der Waals surface area contributed by atoms with Crippen molar-refractivity contribution in [1.82, 2.24) is 0 Å². The Morgan fingerprint density at radius 2 is 1.67 bits per heavy atom. The van der Waals surface area contributed by atoms with Crippen LogP contribution in [-0.2, 0) is 19.7 Å². The summed E-state index contributed by atoms with van der Waals surface area (Å²) in [5.41, 5.74) is 1.60. The first-order valence-electron chi connectivity index (χ1n) is 8.77. The second-order valence-corrected chi connectivity index (χ2v) is 6.59. The van der Waals surface area contributed by atoms with Crippen LogP contribution >= 0.6 is 0 Å². The molecule has 1 aliphatic carbocycles. The lowest BCUT2D eigenvalue weighted by Gasteiger charge is -2.33. The number of esters is 1. The molecule has 0 saturated heterocycles. The number of carbonyl (C=O) groups excluding carboxylic acids is 2. The molecule has 4 nitrogen and oxygen atoms in total. The number of hydrogen-bond acceptors (Lipinski definition) is 4. The van der Waals surface area contributed by atoms with E-state index in [9.17, 15) is 9.59 Å². The van der Waals surface area contributed by atoms with Crippen molar-refractivity contribution in [3.05, 3.63) is 83.4 Å². The van der Waals surface area contributed by atoms with Crippen LogP contribution in [0.1, 0.15) is 24.0 Å². The Balaban J connectivity index is 1.91. The Kier molecular flexibility index (Phi) is 5.55. The Morgan fingerprint density at radius 3 is 2.30 bits per heavy atom. The fourth-order valence-corrected chi connectivity index (χ4v) is 3.46. The molecule has 0 spiro atoms. The van der Waals surface area contributed by atoms with Gasteiger partial charge in [-0.25, -0.2) is 0 Å². The fraction of sp³-hybridized carbons (Fsp3) is 0.217. The van der Waals surface area contributed by atoms with Crippen molar-refractivity contribution in [3.63, 3.8) is 0 Å². The van der Waals surface area contributed by atoms with Gasteiger partial charge in [0.05, 0.1) is 14.2 Å². The SMILES string of the molecule is COC(=O)C1(c2ccccc2)CC(=O)C=C(/C=C/c2ccc(OC)cc2)C1. The molecule has 2 aromatic rings. The average molecular weight is 362 g/mol. The molecule has 4 heteroatoms. The maximum atomic E-state index is 12.7. The number of ketones is 1. The van der Waals surface area contributed by atoms with Crippen molar-refractivity contribution >= 4 is 17.8 Å². The molecule has 0 fully saturated rings. The topological polar surface area (TPSA) is 52.6 Å². The monoisotopic (exact) mass is 362 g/mol. The minimum absolute atomic E-state index is 0.0788. The van der Waals surface area contributed by atoms with E-state index in [0.717, 1.165) is 22.4 Å². The molecule has 0 aliphatic heterocycles. The van der Waals surface area contributed by atoms with Gasteiger partial charge >= 0.3 is 5.97 Å². The van der Waals surface area contributed by atoms with E-state index in [0.29, 0.717) is 6.42 Å². The van der Waals surface area contributed by atoms with Gasteiger partial charge in [0.2, 0.25) is 0 Å². The summed E-state index contributed by atoms with van der Waals surface area (Å²) in [4.78, 5) is 25.1. The second kappa shape index (κ2) is 8.04. The van der Waals surface area contributed by atoms with Crippen LogP contribution < -0.4 is 4.74 Å². The summed E-state index contributed by atoms with van der Waals surface area (Å²) in [5, 5.41) is 0. The summed E-state index contributed by atoms with van der Waals surface area (Å²) in [6.07, 6.45) is 5.96. The van der Waals surface area contributed by atoms with Crippen LogP contribution in [0.5, 0.6) is 5.75 Å². The van der Waals surface area contributed by atoms with Crippen LogP contribution in [0.15, 0.2) is 72.3 Å². The summed E-state index contributed by atoms with van der Waals surface area (Å²) >= 11 is 0. The minimum Gasteiger partial charge on any atom is -0.497 e. The van der Waals surface area contributed by atoms with E-state index >= 15 is 0 Å². The molecule has 1 atom stereocenters. The number of ether oxygens (including phenoxy) is 2. The number of carbonyl (C=O) groups is 2. The lowest BCUT2D eigenvalue weighted by Crippen LogP contribution is -2.41. The van der Waals surface area contributed by atoms with E-state index in [1.54, 1.807) is 13.2 Å². The van der Waals surface area contributed by atoms with E-state index < -0.39 is 5.41 Å². The number of benzene rings is 2. The molecular formula is C23H22O4. The molecule has 0 N–H and O–H groups in total. The summed E-state index contributed by atoms with van der Waals surface area (Å²) < 4.78 is 10.2. The summed E-state index contributed by atoms with van der Waals surface area (Å²) in [6, 6.07) is 17.0. The van der Waals surface area contributed by atoms with E-state index in [-0.39, 0.29) is 18.2 Å². The molecule has 1 unspecified atom stereocenters. The first kappa shape index (κ1) is 18.6. The van der Waals surface area contributed by atoms with Gasteiger partial charge in [0.1, 0.15) is 11.2 Å². The first-order valence-corrected chi connectivity index (χ1v) is 8.77. The van der Waals surface area contributed by atoms with Crippen molar-refractivity contribution in [1.29, 1.82) is 0 Å². The zero-order valence-electron chi connectivity index (χ0n) is 15.5. The molecule has 0 aromatic heterocycles. The largest absolute Gasteiger partial charge is 0.497 e. The van der Waals surface area contributed by atoms with Gasteiger partial charge in [-0.15, -0.1) is 0 Å². The normalized spacial score (nSPS) is 19.6. The number of rotatable bonds is 5. The molecule has 0 bridgehead atoms. The lowest BCUT2D eigenvalue weighted by atomic mass is 9.69. The van der Waals surface area contributed by atoms with E-state index in [2.05, 4.69) is 0 Å². The maximum Gasteiger partial charge on any atom is 0.317 e. The highest BCUT2D eigenvalue weighted by Crippen LogP contribution is 2.40. The molecule has 0 heterocycles. The van der Waals surface area contributed by atoms with Crippen molar-refractivity contribution < 1.29 is 19.1 Å². The quantitative estimate of drug-likeness (QED) is 0.751. The Bertz CT molecular complexity index is 878. The molecule has 3 rings (SSSR count). The Labute approximate surface area is 159 Å². The molecule has 138 valence electrons. The third kappa shape index (κ3) is 4.00. The van der Waals surface area contributed by atoms with Crippen LogP contribution in [0.2, 0.25) is 0 Å². The molecule has 1 aliphatic rings. The first-order chi connectivity index (χ1) is 13.1. The zero-order valence-corrected chi connectivity index (χ0v) is 15.5. The predicted molar refractivity (Wildman–Crippen MR) is 104 cm³/mol. The summed E-state index contributed by atoms with van der Waals surface area (Å²) in [6.45, 7) is 0. The molecule has 27 heavy (non-hydrogen) atoms. The van der Waals surface area contributed by atoms with Gasteiger partial charge in [0.25, 0.3) is 0 Å². The number of hydrogen-bond donors (Lipinski definition) is 0. The van der Waals surface area contributed by atoms with Gasteiger partial charge in [-0.1, -0.05) is 54.6 Å². The summed E-state index contributed by atoms with van der Waals surface area (Å²) in [7, 11) is 2.99. The average Bonchev–Trinajstić information content (AvgIpc) is 2.72. The van der Waals surface area contributed by atoms with Gasteiger partial charge in [0, 0.05) is 6.42 Å². The molecule has 0 amide bonds. The van der Waals surface area contributed by atoms with E-state index in [1.165, 1.54) is 7.11 Å². The standard InChI is InChI=1S/C23H22O4/c1-26-21-12-10-17(11-13-21)8-9-18-14-20(24)16-23(15-18,22(25)27-2)19-6-4-3-5-7-19/h3-14H,15-16H2,1-2H3/b9-8+. The molecule has 0 saturated carbocycles. The van der Waals surface area contributed by atoms with Gasteiger partial charge in [-0.2, -0.15) is 0 Å². The molecule has 2 aromatic carbocycles. The van der Waals surface area contributed by atoms with Crippen molar-refractivity contribution in [3.8, 4) is 5.75 Å². The minimum atomic E-state index is -0.985. The van der Waals surface area contributed by atoms with Gasteiger partial charge in [-0.05, 0) is 41.3 Å². The third-order valence-electron chi connectivity index (χ3n) is 4.84. The highest BCUT2D eigenvalue weighted by atomic mass is 16.5. The second-order valence-electron chi connectivity index (χ2n) is 6.59. The highest BCUT2D eigenvalue weighted by molar-refractivity contribution is 5.99. The van der Waals surface area contributed by atoms with Gasteiger partial charge in [0.15, 0.2) is 5.78 Å². The van der Waals surface area contributed by atoms with Gasteiger partial charge in [-0.3, -0.25) is 9.59 Å². The maximum absolute atomic E-state index is 12.7. The van der Waals surface area contributed by atoms with E-state index in [1.807, 2.05) is 66.7 Å². The van der Waals surface area contributed by atoms with Crippen molar-refractivity contribution in [2.45, 2.75) is 18.3 Å². The Hall–Kier alpha value is -3.14. The number of allylic oxidation sites excluding steroid dienone is 3. The Morgan fingerprint density at radius 1 is 0.963 bits per heavy atom. The van der Waals surface area contributed by atoms with Crippen LogP contribution in [-0.4, -0.2) is 26.0 Å². The van der Waals surface area contributed by atoms with Crippen molar-refractivity contribution in [2.24, 2.45) is 0 Å². The predicted octanol–water partition coefficient (Wildman–Crippen LogP) is 4.11. The molecule has 0 radical (unpaired) electrons. The van der Waals surface area contributed by atoms with Crippen LogP contribution in [0.25, 0.3) is 6.08 Å². The van der Waals surface area contributed by atoms with Crippen LogP contribution in [0.3, 0.4) is 0 Å². The lowest BCUT2D eigenvalue weighted by molar-refractivity contribution is -0.149. The third-order valence-corrected chi connectivity index (χ3v) is 4.84. The van der Waals surface area contributed by atoms with Gasteiger partial charge < -0.3 is 9.47 Å². The fourth-order valence-electron chi connectivity index (χ4n) is 3.46. The highest BCUT2D eigenvalue weighted by Gasteiger charge is 2.45. The van der Waals surface area contributed by atoms with Crippen molar-refractivity contribution in [2.75, 3.05) is 14.2 Å².